The highest BCUT2D eigenvalue weighted by Gasteiger charge is 2.30. The molecule has 0 amide bonds. The Kier molecular flexibility index (Phi) is 4.04. The zero-order valence-corrected chi connectivity index (χ0v) is 10.6. The molecular weight excluding hydrogens is 256 g/mol. The van der Waals surface area contributed by atoms with Crippen LogP contribution >= 0.6 is 11.6 Å². The second kappa shape index (κ2) is 5.54. The van der Waals surface area contributed by atoms with Crippen molar-refractivity contribution in [3.63, 3.8) is 0 Å². The maximum atomic E-state index is 11.1. The van der Waals surface area contributed by atoms with Crippen molar-refractivity contribution in [2.45, 2.75) is 25.3 Å². The first kappa shape index (κ1) is 13.1. The molecule has 0 atom stereocenters. The van der Waals surface area contributed by atoms with E-state index < -0.39 is 4.92 Å². The Morgan fingerprint density at radius 1 is 1.50 bits per heavy atom. The maximum Gasteiger partial charge on any atom is 0.310 e. The molecule has 1 N–H and O–H groups in total. The highest BCUT2D eigenvalue weighted by molar-refractivity contribution is 6.33. The molecule has 0 bridgehead atoms. The summed E-state index contributed by atoms with van der Waals surface area (Å²) in [5.41, 5.74) is 0.436. The summed E-state index contributed by atoms with van der Waals surface area (Å²) in [7, 11) is 0. The Labute approximate surface area is 110 Å². The summed E-state index contributed by atoms with van der Waals surface area (Å²) in [6.07, 6.45) is 3.13. The van der Waals surface area contributed by atoms with E-state index in [2.05, 4.69) is 0 Å². The van der Waals surface area contributed by atoms with E-state index in [0.717, 1.165) is 19.3 Å². The second-order valence-electron chi connectivity index (χ2n) is 4.37. The van der Waals surface area contributed by atoms with Gasteiger partial charge in [-0.1, -0.05) is 17.7 Å². The van der Waals surface area contributed by atoms with E-state index in [4.69, 9.17) is 16.7 Å². The average Bonchev–Trinajstić information content (AvgIpc) is 2.25. The van der Waals surface area contributed by atoms with Crippen molar-refractivity contribution in [3.8, 4) is 0 Å². The molecule has 1 aromatic rings. The van der Waals surface area contributed by atoms with Crippen molar-refractivity contribution in [3.05, 3.63) is 33.3 Å². The van der Waals surface area contributed by atoms with Crippen molar-refractivity contribution in [1.82, 2.24) is 0 Å². The molecule has 18 heavy (non-hydrogen) atoms. The number of para-hydroxylation sites is 1. The Hall–Kier alpha value is -1.33. The van der Waals surface area contributed by atoms with Gasteiger partial charge in [0.1, 0.15) is 10.7 Å². The van der Waals surface area contributed by atoms with E-state index in [-0.39, 0.29) is 23.4 Å². The highest BCUT2D eigenvalue weighted by atomic mass is 35.5. The molecule has 98 valence electrons. The van der Waals surface area contributed by atoms with Crippen molar-refractivity contribution in [1.29, 1.82) is 0 Å². The topological polar surface area (TPSA) is 66.6 Å². The van der Waals surface area contributed by atoms with Gasteiger partial charge in [-0.3, -0.25) is 10.1 Å². The number of nitro groups is 1. The minimum atomic E-state index is -0.458. The van der Waals surface area contributed by atoms with Crippen LogP contribution in [-0.4, -0.2) is 29.2 Å². The summed E-state index contributed by atoms with van der Waals surface area (Å²) in [5, 5.41) is 20.4. The van der Waals surface area contributed by atoms with Crippen molar-refractivity contribution < 1.29 is 10.0 Å². The van der Waals surface area contributed by atoms with Crippen LogP contribution in [0.5, 0.6) is 0 Å². The van der Waals surface area contributed by atoms with Crippen LogP contribution < -0.4 is 4.90 Å². The predicted octanol–water partition coefficient (Wildman–Crippen LogP) is 2.60. The van der Waals surface area contributed by atoms with E-state index in [1.807, 2.05) is 4.90 Å². The summed E-state index contributed by atoms with van der Waals surface area (Å²) in [4.78, 5) is 12.6. The number of nitro benzene ring substituents is 1. The molecule has 0 radical (unpaired) electrons. The summed E-state index contributed by atoms with van der Waals surface area (Å²) in [6.45, 7) is 0.367. The molecule has 0 aromatic heterocycles. The molecular formula is C12H15ClN2O3. The van der Waals surface area contributed by atoms with Gasteiger partial charge in [0.05, 0.1) is 11.5 Å². The first-order valence-electron chi connectivity index (χ1n) is 5.95. The maximum absolute atomic E-state index is 11.1. The number of halogens is 1. The lowest BCUT2D eigenvalue weighted by molar-refractivity contribution is -0.384. The first-order valence-corrected chi connectivity index (χ1v) is 6.33. The van der Waals surface area contributed by atoms with Crippen LogP contribution in [0.3, 0.4) is 0 Å². The van der Waals surface area contributed by atoms with Crippen LogP contribution in [0, 0.1) is 10.1 Å². The van der Waals surface area contributed by atoms with Crippen molar-refractivity contribution in [2.24, 2.45) is 0 Å². The van der Waals surface area contributed by atoms with Crippen molar-refractivity contribution in [2.75, 3.05) is 18.1 Å². The van der Waals surface area contributed by atoms with Gasteiger partial charge in [-0.15, -0.1) is 0 Å². The van der Waals surface area contributed by atoms with Crippen LogP contribution in [0.15, 0.2) is 18.2 Å². The minimum Gasteiger partial charge on any atom is -0.395 e. The van der Waals surface area contributed by atoms with Crippen LogP contribution in [0.25, 0.3) is 0 Å². The van der Waals surface area contributed by atoms with Crippen LogP contribution in [-0.2, 0) is 0 Å². The fraction of sp³-hybridized carbons (Fsp3) is 0.500. The molecule has 1 aliphatic carbocycles. The zero-order chi connectivity index (χ0) is 13.1. The predicted molar refractivity (Wildman–Crippen MR) is 70.2 cm³/mol. The monoisotopic (exact) mass is 270 g/mol. The zero-order valence-electron chi connectivity index (χ0n) is 9.88. The molecule has 0 saturated heterocycles. The fourth-order valence-corrected chi connectivity index (χ4v) is 2.46. The van der Waals surface area contributed by atoms with Gasteiger partial charge >= 0.3 is 5.69 Å². The van der Waals surface area contributed by atoms with E-state index in [0.29, 0.717) is 12.2 Å². The van der Waals surface area contributed by atoms with Gasteiger partial charge in [0, 0.05) is 12.6 Å². The van der Waals surface area contributed by atoms with Crippen molar-refractivity contribution >= 4 is 23.0 Å². The summed E-state index contributed by atoms with van der Waals surface area (Å²) < 4.78 is 0. The third-order valence-electron chi connectivity index (χ3n) is 3.31. The molecule has 5 nitrogen and oxygen atoms in total. The van der Waals surface area contributed by atoms with Gasteiger partial charge < -0.3 is 10.0 Å². The molecule has 1 aromatic carbocycles. The normalized spacial score (nSPS) is 15.2. The van der Waals surface area contributed by atoms with E-state index >= 15 is 0 Å². The SMILES string of the molecule is O=[N+]([O-])c1c(Cl)cccc1N(CCO)C1CCC1. The Balaban J connectivity index is 2.39. The van der Waals surface area contributed by atoms with E-state index in [1.165, 1.54) is 6.07 Å². The molecule has 0 unspecified atom stereocenters. The molecule has 1 aliphatic rings. The largest absolute Gasteiger partial charge is 0.395 e. The third kappa shape index (κ3) is 2.42. The Morgan fingerprint density at radius 2 is 2.22 bits per heavy atom. The fourth-order valence-electron chi connectivity index (χ4n) is 2.22. The van der Waals surface area contributed by atoms with Gasteiger partial charge in [0.2, 0.25) is 0 Å². The first-order chi connectivity index (χ1) is 8.65. The number of aliphatic hydroxyl groups excluding tert-OH is 1. The number of anilines is 1. The number of aliphatic hydroxyl groups is 1. The van der Waals surface area contributed by atoms with Crippen LogP contribution in [0.4, 0.5) is 11.4 Å². The number of hydrogen-bond donors (Lipinski definition) is 1. The molecule has 2 rings (SSSR count). The number of rotatable bonds is 5. The van der Waals surface area contributed by atoms with Crippen LogP contribution in [0.2, 0.25) is 5.02 Å². The standard InChI is InChI=1S/C12H15ClN2O3/c13-10-5-2-6-11(12(10)15(17)18)14(7-8-16)9-3-1-4-9/h2,5-6,9,16H,1,3-4,7-8H2. The lowest BCUT2D eigenvalue weighted by Crippen LogP contribution is -2.42. The Morgan fingerprint density at radius 3 is 2.72 bits per heavy atom. The molecule has 0 aliphatic heterocycles. The summed E-state index contributed by atoms with van der Waals surface area (Å²) in [6, 6.07) is 5.18. The van der Waals surface area contributed by atoms with Gasteiger partial charge in [-0.25, -0.2) is 0 Å². The summed E-state index contributed by atoms with van der Waals surface area (Å²) >= 11 is 5.90. The smallest absolute Gasteiger partial charge is 0.310 e. The molecule has 6 heteroatoms. The lowest BCUT2D eigenvalue weighted by Gasteiger charge is -2.38. The van der Waals surface area contributed by atoms with Crippen LogP contribution in [0.1, 0.15) is 19.3 Å². The second-order valence-corrected chi connectivity index (χ2v) is 4.77. The van der Waals surface area contributed by atoms with E-state index in [9.17, 15) is 10.1 Å². The molecule has 0 heterocycles. The lowest BCUT2D eigenvalue weighted by atomic mass is 9.91. The number of nitrogens with zero attached hydrogens (tertiary/aromatic N) is 2. The third-order valence-corrected chi connectivity index (χ3v) is 3.62. The van der Waals surface area contributed by atoms with Gasteiger partial charge in [0.15, 0.2) is 0 Å². The molecule has 0 spiro atoms. The van der Waals surface area contributed by atoms with Gasteiger partial charge in [-0.05, 0) is 31.4 Å². The highest BCUT2D eigenvalue weighted by Crippen LogP contribution is 2.38. The number of benzene rings is 1. The average molecular weight is 271 g/mol. The molecule has 1 saturated carbocycles. The van der Waals surface area contributed by atoms with E-state index in [1.54, 1.807) is 12.1 Å². The molecule has 1 fully saturated rings. The number of hydrogen-bond acceptors (Lipinski definition) is 4. The van der Waals surface area contributed by atoms with Gasteiger partial charge in [0.25, 0.3) is 0 Å². The van der Waals surface area contributed by atoms with Gasteiger partial charge in [-0.2, -0.15) is 0 Å². The quantitative estimate of drug-likeness (QED) is 0.660. The Bertz CT molecular complexity index is 449. The minimum absolute atomic E-state index is 0.0276. The summed E-state index contributed by atoms with van der Waals surface area (Å²) in [5.74, 6) is 0.